The van der Waals surface area contributed by atoms with Crippen LogP contribution >= 0.6 is 0 Å². The molecule has 0 unspecified atom stereocenters. The van der Waals surface area contributed by atoms with E-state index in [-0.39, 0.29) is 0 Å². The number of ether oxygens (including phenoxy) is 3. The van der Waals surface area contributed by atoms with Gasteiger partial charge in [0.25, 0.3) is 5.97 Å². The minimum absolute atomic E-state index is 0.790. The van der Waals surface area contributed by atoms with Crippen LogP contribution in [0.1, 0.15) is 70.6 Å². The zero-order valence-electron chi connectivity index (χ0n) is 13.8. The first-order valence-electron chi connectivity index (χ1n) is 8.01. The maximum absolute atomic E-state index is 5.28. The quantitative estimate of drug-likeness (QED) is 0.239. The molecule has 0 aliphatic rings. The molecule has 0 amide bonds. The summed E-state index contributed by atoms with van der Waals surface area (Å²) in [4.78, 5) is 0. The Morgan fingerprint density at radius 1 is 0.700 bits per heavy atom. The maximum Gasteiger partial charge on any atom is 0.282 e. The summed E-state index contributed by atoms with van der Waals surface area (Å²) in [6.07, 6.45) is 15.6. The van der Waals surface area contributed by atoms with E-state index in [1.807, 2.05) is 6.08 Å². The van der Waals surface area contributed by atoms with Gasteiger partial charge in [-0.1, -0.05) is 51.0 Å². The minimum atomic E-state index is -0.842. The highest BCUT2D eigenvalue weighted by molar-refractivity contribution is 4.65. The fourth-order valence-electron chi connectivity index (χ4n) is 2.42. The SMILES string of the molecule is C=CCCCCCCCCCCCC(OC)(OC)OC. The van der Waals surface area contributed by atoms with E-state index in [4.69, 9.17) is 14.2 Å². The molecule has 0 spiro atoms. The predicted octanol–water partition coefficient (Wildman–Crippen LogP) is 5.06. The zero-order chi connectivity index (χ0) is 15.1. The summed E-state index contributed by atoms with van der Waals surface area (Å²) >= 11 is 0. The van der Waals surface area contributed by atoms with Crippen LogP contribution in [0.5, 0.6) is 0 Å². The molecule has 0 N–H and O–H groups in total. The van der Waals surface area contributed by atoms with Crippen LogP contribution in [-0.2, 0) is 14.2 Å². The second kappa shape index (κ2) is 13.6. The van der Waals surface area contributed by atoms with Gasteiger partial charge in [-0.15, -0.1) is 6.58 Å². The predicted molar refractivity (Wildman–Crippen MR) is 84.7 cm³/mol. The molecule has 0 aromatic heterocycles. The van der Waals surface area contributed by atoms with E-state index >= 15 is 0 Å². The van der Waals surface area contributed by atoms with E-state index in [1.165, 1.54) is 57.8 Å². The number of hydrogen-bond acceptors (Lipinski definition) is 3. The Balaban J connectivity index is 3.33. The fourth-order valence-corrected chi connectivity index (χ4v) is 2.42. The molecule has 0 fully saturated rings. The lowest BCUT2D eigenvalue weighted by Crippen LogP contribution is -2.35. The molecule has 0 heterocycles. The van der Waals surface area contributed by atoms with Crippen molar-refractivity contribution in [2.45, 2.75) is 76.6 Å². The highest BCUT2D eigenvalue weighted by atomic mass is 16.9. The number of allylic oxidation sites excluding steroid dienone is 1. The van der Waals surface area contributed by atoms with Gasteiger partial charge in [-0.2, -0.15) is 0 Å². The third-order valence-electron chi connectivity index (χ3n) is 3.82. The van der Waals surface area contributed by atoms with Gasteiger partial charge in [0, 0.05) is 27.8 Å². The monoisotopic (exact) mass is 286 g/mol. The molecule has 0 radical (unpaired) electrons. The highest BCUT2D eigenvalue weighted by Crippen LogP contribution is 2.21. The molecule has 0 bridgehead atoms. The second-order valence-electron chi connectivity index (χ2n) is 5.30. The van der Waals surface area contributed by atoms with E-state index in [0.29, 0.717) is 0 Å². The molecule has 20 heavy (non-hydrogen) atoms. The molecule has 0 aliphatic heterocycles. The summed E-state index contributed by atoms with van der Waals surface area (Å²) < 4.78 is 15.8. The van der Waals surface area contributed by atoms with Gasteiger partial charge < -0.3 is 14.2 Å². The van der Waals surface area contributed by atoms with Crippen molar-refractivity contribution in [3.05, 3.63) is 12.7 Å². The van der Waals surface area contributed by atoms with Gasteiger partial charge in [-0.3, -0.25) is 0 Å². The molecule has 0 atom stereocenters. The lowest BCUT2D eigenvalue weighted by atomic mass is 10.1. The van der Waals surface area contributed by atoms with E-state index in [1.54, 1.807) is 21.3 Å². The van der Waals surface area contributed by atoms with Gasteiger partial charge in [0.15, 0.2) is 0 Å². The first-order chi connectivity index (χ1) is 9.74. The van der Waals surface area contributed by atoms with Crippen LogP contribution in [0.4, 0.5) is 0 Å². The van der Waals surface area contributed by atoms with Gasteiger partial charge in [0.05, 0.1) is 0 Å². The van der Waals surface area contributed by atoms with Crippen LogP contribution in [0.3, 0.4) is 0 Å². The summed E-state index contributed by atoms with van der Waals surface area (Å²) in [5.74, 6) is -0.842. The highest BCUT2D eigenvalue weighted by Gasteiger charge is 2.28. The van der Waals surface area contributed by atoms with E-state index < -0.39 is 5.97 Å². The fraction of sp³-hybridized carbons (Fsp3) is 0.882. The average Bonchev–Trinajstić information content (AvgIpc) is 2.49. The number of methoxy groups -OCH3 is 3. The molecule has 0 aromatic carbocycles. The van der Waals surface area contributed by atoms with Crippen molar-refractivity contribution in [3.63, 3.8) is 0 Å². The van der Waals surface area contributed by atoms with E-state index in [2.05, 4.69) is 6.58 Å². The van der Waals surface area contributed by atoms with Gasteiger partial charge in [0.2, 0.25) is 0 Å². The molecular formula is C17H34O3. The Bertz CT molecular complexity index is 204. The Morgan fingerprint density at radius 2 is 1.10 bits per heavy atom. The summed E-state index contributed by atoms with van der Waals surface area (Å²) in [6.45, 7) is 3.75. The van der Waals surface area contributed by atoms with Crippen molar-refractivity contribution in [2.24, 2.45) is 0 Å². The van der Waals surface area contributed by atoms with Crippen LogP contribution in [0.25, 0.3) is 0 Å². The molecule has 3 nitrogen and oxygen atoms in total. The number of hydrogen-bond donors (Lipinski definition) is 0. The Kier molecular flexibility index (Phi) is 13.3. The molecule has 0 aromatic rings. The smallest absolute Gasteiger partial charge is 0.282 e. The average molecular weight is 286 g/mol. The number of rotatable bonds is 15. The third kappa shape index (κ3) is 9.51. The first-order valence-corrected chi connectivity index (χ1v) is 8.01. The summed E-state index contributed by atoms with van der Waals surface area (Å²) in [6, 6.07) is 0. The van der Waals surface area contributed by atoms with Crippen LogP contribution in [0.2, 0.25) is 0 Å². The van der Waals surface area contributed by atoms with Crippen molar-refractivity contribution >= 4 is 0 Å². The Labute approximate surface area is 125 Å². The Hall–Kier alpha value is -0.380. The van der Waals surface area contributed by atoms with Gasteiger partial charge in [-0.25, -0.2) is 0 Å². The summed E-state index contributed by atoms with van der Waals surface area (Å²) in [7, 11) is 4.87. The molecule has 3 heteroatoms. The minimum Gasteiger partial charge on any atom is -0.331 e. The van der Waals surface area contributed by atoms with Gasteiger partial charge in [0.1, 0.15) is 0 Å². The van der Waals surface area contributed by atoms with Crippen molar-refractivity contribution < 1.29 is 14.2 Å². The second-order valence-corrected chi connectivity index (χ2v) is 5.30. The van der Waals surface area contributed by atoms with Gasteiger partial charge >= 0.3 is 0 Å². The molecule has 0 saturated carbocycles. The zero-order valence-corrected chi connectivity index (χ0v) is 13.8. The third-order valence-corrected chi connectivity index (χ3v) is 3.82. The van der Waals surface area contributed by atoms with E-state index in [9.17, 15) is 0 Å². The Morgan fingerprint density at radius 3 is 1.50 bits per heavy atom. The largest absolute Gasteiger partial charge is 0.331 e. The van der Waals surface area contributed by atoms with Crippen LogP contribution in [0, 0.1) is 0 Å². The van der Waals surface area contributed by atoms with Crippen molar-refractivity contribution in [3.8, 4) is 0 Å². The maximum atomic E-state index is 5.28. The topological polar surface area (TPSA) is 27.7 Å². The normalized spacial score (nSPS) is 11.8. The van der Waals surface area contributed by atoms with Crippen molar-refractivity contribution in [1.29, 1.82) is 0 Å². The van der Waals surface area contributed by atoms with Crippen LogP contribution in [-0.4, -0.2) is 27.3 Å². The van der Waals surface area contributed by atoms with E-state index in [0.717, 1.165) is 12.8 Å². The summed E-state index contributed by atoms with van der Waals surface area (Å²) in [5, 5.41) is 0. The first kappa shape index (κ1) is 19.6. The van der Waals surface area contributed by atoms with Gasteiger partial charge in [-0.05, 0) is 19.3 Å². The molecule has 0 rings (SSSR count). The molecule has 120 valence electrons. The van der Waals surface area contributed by atoms with Crippen molar-refractivity contribution in [1.82, 2.24) is 0 Å². The molecular weight excluding hydrogens is 252 g/mol. The van der Waals surface area contributed by atoms with Crippen LogP contribution < -0.4 is 0 Å². The van der Waals surface area contributed by atoms with Crippen molar-refractivity contribution in [2.75, 3.05) is 21.3 Å². The molecule has 0 aliphatic carbocycles. The van der Waals surface area contributed by atoms with Crippen LogP contribution in [0.15, 0.2) is 12.7 Å². The standard InChI is InChI=1S/C17H34O3/c1-5-6-7-8-9-10-11-12-13-14-15-16-17(18-2,19-3)20-4/h5H,1,6-16H2,2-4H3. The summed E-state index contributed by atoms with van der Waals surface area (Å²) in [5.41, 5.74) is 0. The molecule has 0 saturated heterocycles. The lowest BCUT2D eigenvalue weighted by molar-refractivity contribution is -0.355. The number of unbranched alkanes of at least 4 members (excludes halogenated alkanes) is 9. The lowest BCUT2D eigenvalue weighted by Gasteiger charge is -2.28.